The van der Waals surface area contributed by atoms with Crippen LogP contribution in [0.4, 0.5) is 27.6 Å². The Morgan fingerprint density at radius 2 is 1.44 bits per heavy atom. The summed E-state index contributed by atoms with van der Waals surface area (Å²) in [6.07, 6.45) is 0. The van der Waals surface area contributed by atoms with Gasteiger partial charge in [0, 0.05) is 11.8 Å². The lowest BCUT2D eigenvalue weighted by Gasteiger charge is -2.10. The summed E-state index contributed by atoms with van der Waals surface area (Å²) < 4.78 is 81.9. The monoisotopic (exact) mass is 481 g/mol. The number of rotatable bonds is 8. The number of esters is 1. The smallest absolute Gasteiger partial charge is 0.338 e. The number of hydrogen-bond acceptors (Lipinski definition) is 5. The number of methoxy groups -OCH3 is 1. The van der Waals surface area contributed by atoms with Gasteiger partial charge >= 0.3 is 5.97 Å². The summed E-state index contributed by atoms with van der Waals surface area (Å²) >= 11 is 0. The highest BCUT2D eigenvalue weighted by Gasteiger charge is 2.26. The predicted molar refractivity (Wildman–Crippen MR) is 109 cm³/mol. The van der Waals surface area contributed by atoms with E-state index in [0.29, 0.717) is 11.4 Å². The van der Waals surface area contributed by atoms with Crippen LogP contribution in [0.25, 0.3) is 0 Å². The van der Waals surface area contributed by atoms with Gasteiger partial charge in [-0.1, -0.05) is 6.07 Å². The van der Waals surface area contributed by atoms with Gasteiger partial charge < -0.3 is 19.5 Å². The molecule has 11 heteroatoms. The lowest BCUT2D eigenvalue weighted by atomic mass is 10.1. The topological polar surface area (TPSA) is 73.9 Å². The van der Waals surface area contributed by atoms with Crippen LogP contribution in [0.3, 0.4) is 0 Å². The molecule has 6 nitrogen and oxygen atoms in total. The normalized spacial score (nSPS) is 10.5. The summed E-state index contributed by atoms with van der Waals surface area (Å²) in [7, 11) is 1.49. The molecule has 0 saturated carbocycles. The van der Waals surface area contributed by atoms with Crippen LogP contribution in [0.15, 0.2) is 48.5 Å². The van der Waals surface area contributed by atoms with E-state index in [2.05, 4.69) is 10.1 Å². The molecule has 1 amide bonds. The second-order valence-corrected chi connectivity index (χ2v) is 6.72. The quantitative estimate of drug-likeness (QED) is 0.217. The van der Waals surface area contributed by atoms with Crippen LogP contribution in [0.5, 0.6) is 11.5 Å². The molecule has 0 unspecified atom stereocenters. The fourth-order valence-corrected chi connectivity index (χ4v) is 2.73. The molecule has 0 aliphatic heterocycles. The molecule has 178 valence electrons. The fraction of sp³-hybridized carbons (Fsp3) is 0.130. The molecule has 0 saturated heterocycles. The molecular formula is C23H16F5NO5. The zero-order chi connectivity index (χ0) is 24.8. The lowest BCUT2D eigenvalue weighted by molar-refractivity contribution is -0.118. The van der Waals surface area contributed by atoms with Crippen molar-refractivity contribution in [3.05, 3.63) is 88.7 Å². The standard InChI is InChI=1S/C23H16F5NO5/c1-32-15-4-2-3-13(9-15)29-17(30)11-33-14-7-5-12(6-8-14)23(31)34-10-16-18(24)20(26)22(28)21(27)19(16)25/h2-9H,10-11H2,1H3,(H,29,30). The molecule has 0 spiro atoms. The number of nitrogens with one attached hydrogen (secondary N) is 1. The van der Waals surface area contributed by atoms with E-state index in [9.17, 15) is 31.5 Å². The Kier molecular flexibility index (Phi) is 7.67. The Morgan fingerprint density at radius 3 is 2.06 bits per heavy atom. The Bertz CT molecular complexity index is 1190. The van der Waals surface area contributed by atoms with Crippen LogP contribution in [0, 0.1) is 29.1 Å². The van der Waals surface area contributed by atoms with E-state index in [4.69, 9.17) is 9.47 Å². The van der Waals surface area contributed by atoms with E-state index >= 15 is 0 Å². The van der Waals surface area contributed by atoms with Crippen molar-refractivity contribution in [2.24, 2.45) is 0 Å². The van der Waals surface area contributed by atoms with Crippen LogP contribution in [-0.4, -0.2) is 25.6 Å². The summed E-state index contributed by atoms with van der Waals surface area (Å²) in [6.45, 7) is -1.52. The number of hydrogen-bond donors (Lipinski definition) is 1. The van der Waals surface area contributed by atoms with Crippen molar-refractivity contribution < 1.29 is 45.8 Å². The lowest BCUT2D eigenvalue weighted by Crippen LogP contribution is -2.20. The van der Waals surface area contributed by atoms with Crippen LogP contribution in [-0.2, 0) is 16.1 Å². The van der Waals surface area contributed by atoms with E-state index in [1.54, 1.807) is 24.3 Å². The van der Waals surface area contributed by atoms with E-state index in [1.807, 2.05) is 0 Å². The van der Waals surface area contributed by atoms with Crippen molar-refractivity contribution in [1.82, 2.24) is 0 Å². The highest BCUT2D eigenvalue weighted by molar-refractivity contribution is 5.92. The molecule has 0 aliphatic carbocycles. The highest BCUT2D eigenvalue weighted by Crippen LogP contribution is 2.24. The minimum absolute atomic E-state index is 0.0861. The third-order valence-corrected chi connectivity index (χ3v) is 4.46. The summed E-state index contributed by atoms with van der Waals surface area (Å²) in [4.78, 5) is 24.1. The first kappa shape index (κ1) is 24.5. The summed E-state index contributed by atoms with van der Waals surface area (Å²) in [5.74, 6) is -11.5. The van der Waals surface area contributed by atoms with Crippen molar-refractivity contribution in [2.75, 3.05) is 19.0 Å². The van der Waals surface area contributed by atoms with Crippen molar-refractivity contribution in [2.45, 2.75) is 6.61 Å². The first-order chi connectivity index (χ1) is 16.2. The van der Waals surface area contributed by atoms with E-state index < -0.39 is 53.1 Å². The molecular weight excluding hydrogens is 465 g/mol. The zero-order valence-electron chi connectivity index (χ0n) is 17.5. The van der Waals surface area contributed by atoms with Gasteiger partial charge in [-0.2, -0.15) is 0 Å². The molecule has 3 rings (SSSR count). The van der Waals surface area contributed by atoms with Gasteiger partial charge in [0.1, 0.15) is 18.1 Å². The van der Waals surface area contributed by atoms with Gasteiger partial charge in [0.2, 0.25) is 5.82 Å². The Labute approximate surface area is 189 Å². The van der Waals surface area contributed by atoms with Crippen LogP contribution < -0.4 is 14.8 Å². The second-order valence-electron chi connectivity index (χ2n) is 6.72. The number of anilines is 1. The van der Waals surface area contributed by atoms with Gasteiger partial charge in [-0.25, -0.2) is 26.7 Å². The number of ether oxygens (including phenoxy) is 3. The van der Waals surface area contributed by atoms with Crippen LogP contribution in [0.1, 0.15) is 15.9 Å². The first-order valence-corrected chi connectivity index (χ1v) is 9.55. The minimum Gasteiger partial charge on any atom is -0.497 e. The van der Waals surface area contributed by atoms with Crippen molar-refractivity contribution in [3.63, 3.8) is 0 Å². The van der Waals surface area contributed by atoms with Crippen LogP contribution in [0.2, 0.25) is 0 Å². The molecule has 0 atom stereocenters. The Balaban J connectivity index is 1.55. The first-order valence-electron chi connectivity index (χ1n) is 9.55. The molecule has 0 heterocycles. The summed E-state index contributed by atoms with van der Waals surface area (Å²) in [6, 6.07) is 11.8. The summed E-state index contributed by atoms with van der Waals surface area (Å²) in [5, 5.41) is 2.61. The maximum Gasteiger partial charge on any atom is 0.338 e. The van der Waals surface area contributed by atoms with Gasteiger partial charge in [-0.05, 0) is 36.4 Å². The fourth-order valence-electron chi connectivity index (χ4n) is 2.73. The third kappa shape index (κ3) is 5.61. The maximum absolute atomic E-state index is 13.7. The minimum atomic E-state index is -2.31. The molecule has 0 aliphatic rings. The van der Waals surface area contributed by atoms with Gasteiger partial charge in [0.15, 0.2) is 29.9 Å². The molecule has 0 fully saturated rings. The predicted octanol–water partition coefficient (Wildman–Crippen LogP) is 4.77. The Morgan fingerprint density at radius 1 is 0.824 bits per heavy atom. The van der Waals surface area contributed by atoms with Crippen LogP contribution >= 0.6 is 0 Å². The van der Waals surface area contributed by atoms with Gasteiger partial charge in [0.25, 0.3) is 5.91 Å². The summed E-state index contributed by atoms with van der Waals surface area (Å²) in [5.41, 5.74) is -0.858. The average molecular weight is 481 g/mol. The second kappa shape index (κ2) is 10.6. The Hall–Kier alpha value is -4.15. The number of halogens is 5. The highest BCUT2D eigenvalue weighted by atomic mass is 19.2. The van der Waals surface area contributed by atoms with Crippen molar-refractivity contribution in [1.29, 1.82) is 0 Å². The van der Waals surface area contributed by atoms with E-state index in [1.165, 1.54) is 31.4 Å². The molecule has 3 aromatic rings. The molecule has 1 N–H and O–H groups in total. The SMILES string of the molecule is COc1cccc(NC(=O)COc2ccc(C(=O)OCc3c(F)c(F)c(F)c(F)c3F)cc2)c1. The number of amides is 1. The number of carbonyl (C=O) groups excluding carboxylic acids is 2. The van der Waals surface area contributed by atoms with Crippen molar-refractivity contribution >= 4 is 17.6 Å². The molecule has 0 bridgehead atoms. The van der Waals surface area contributed by atoms with E-state index in [0.717, 1.165) is 0 Å². The number of carbonyl (C=O) groups is 2. The number of benzene rings is 3. The van der Waals surface area contributed by atoms with E-state index in [-0.39, 0.29) is 17.9 Å². The van der Waals surface area contributed by atoms with Gasteiger partial charge in [0.05, 0.1) is 18.2 Å². The molecule has 0 aromatic heterocycles. The van der Waals surface area contributed by atoms with Gasteiger partial charge in [-0.3, -0.25) is 4.79 Å². The maximum atomic E-state index is 13.7. The third-order valence-electron chi connectivity index (χ3n) is 4.46. The van der Waals surface area contributed by atoms with Crippen molar-refractivity contribution in [3.8, 4) is 11.5 Å². The largest absolute Gasteiger partial charge is 0.497 e. The zero-order valence-corrected chi connectivity index (χ0v) is 17.5. The molecule has 34 heavy (non-hydrogen) atoms. The van der Waals surface area contributed by atoms with Gasteiger partial charge in [-0.15, -0.1) is 0 Å². The molecule has 0 radical (unpaired) electrons. The average Bonchev–Trinajstić information content (AvgIpc) is 2.85. The molecule has 3 aromatic carbocycles.